The van der Waals surface area contributed by atoms with Crippen molar-refractivity contribution in [1.29, 1.82) is 0 Å². The average molecular weight is 431 g/mol. The summed E-state index contributed by atoms with van der Waals surface area (Å²) in [6.45, 7) is 3.75. The maximum absolute atomic E-state index is 14.1. The van der Waals surface area contributed by atoms with Crippen molar-refractivity contribution < 1.29 is 27.1 Å². The van der Waals surface area contributed by atoms with Crippen molar-refractivity contribution in [2.45, 2.75) is 51.2 Å². The number of carbonyl (C=O) groups is 1. The minimum Gasteiger partial charge on any atom is -0.460 e. The number of furan rings is 1. The molecule has 0 atom stereocenters. The number of esters is 1. The molecule has 6 nitrogen and oxygen atoms in total. The van der Waals surface area contributed by atoms with Crippen molar-refractivity contribution >= 4 is 5.97 Å². The molecular formula is C22H20F3N3O3. The molecule has 0 aromatic carbocycles. The van der Waals surface area contributed by atoms with E-state index in [0.717, 1.165) is 29.7 Å². The fourth-order valence-corrected chi connectivity index (χ4v) is 4.30. The van der Waals surface area contributed by atoms with Crippen LogP contribution in [0.3, 0.4) is 0 Å². The molecule has 2 aliphatic carbocycles. The van der Waals surface area contributed by atoms with E-state index in [-0.39, 0.29) is 29.0 Å². The van der Waals surface area contributed by atoms with Gasteiger partial charge < -0.3 is 9.15 Å². The van der Waals surface area contributed by atoms with Gasteiger partial charge in [-0.2, -0.15) is 18.3 Å². The third-order valence-corrected chi connectivity index (χ3v) is 5.94. The fourth-order valence-electron chi connectivity index (χ4n) is 4.30. The third-order valence-electron chi connectivity index (χ3n) is 5.94. The van der Waals surface area contributed by atoms with Crippen LogP contribution in [0.1, 0.15) is 58.5 Å². The summed E-state index contributed by atoms with van der Waals surface area (Å²) in [6, 6.07) is 3.79. The van der Waals surface area contributed by atoms with Crippen molar-refractivity contribution in [1.82, 2.24) is 14.8 Å². The number of fused-ring (bicyclic) bond motifs is 4. The van der Waals surface area contributed by atoms with Crippen LogP contribution in [0.4, 0.5) is 13.2 Å². The fraction of sp³-hybridized carbons (Fsp3) is 0.409. The van der Waals surface area contributed by atoms with Crippen molar-refractivity contribution in [3.63, 3.8) is 0 Å². The van der Waals surface area contributed by atoms with E-state index in [2.05, 4.69) is 10.1 Å². The summed E-state index contributed by atoms with van der Waals surface area (Å²) in [4.78, 5) is 16.6. The molecule has 1 saturated carbocycles. The molecule has 1 fully saturated rings. The average Bonchev–Trinajstić information content (AvgIpc) is 3.15. The number of pyridine rings is 1. The van der Waals surface area contributed by atoms with Crippen molar-refractivity contribution in [3.05, 3.63) is 58.4 Å². The molecule has 9 heteroatoms. The molecule has 0 radical (unpaired) electrons. The molecule has 3 aromatic heterocycles. The van der Waals surface area contributed by atoms with Gasteiger partial charge in [0, 0.05) is 29.8 Å². The highest BCUT2D eigenvalue weighted by Gasteiger charge is 2.55. The molecule has 0 saturated heterocycles. The molecule has 2 aliphatic rings. The van der Waals surface area contributed by atoms with Crippen LogP contribution in [0.2, 0.25) is 0 Å². The first kappa shape index (κ1) is 19.8. The van der Waals surface area contributed by atoms with Gasteiger partial charge in [0.2, 0.25) is 5.76 Å². The number of ether oxygens (including phenoxy) is 1. The van der Waals surface area contributed by atoms with Gasteiger partial charge in [-0.25, -0.2) is 4.79 Å². The second kappa shape index (κ2) is 6.70. The number of aromatic nitrogens is 3. The van der Waals surface area contributed by atoms with E-state index in [1.54, 1.807) is 10.9 Å². The molecule has 0 N–H and O–H groups in total. The highest BCUT2D eigenvalue weighted by atomic mass is 19.4. The Morgan fingerprint density at radius 3 is 2.71 bits per heavy atom. The lowest BCUT2D eigenvalue weighted by atomic mass is 9.82. The molecule has 0 unspecified atom stereocenters. The number of nitrogens with zero attached hydrogens (tertiary/aromatic N) is 3. The number of alkyl halides is 3. The lowest BCUT2D eigenvalue weighted by Crippen LogP contribution is -2.18. The number of hydrogen-bond donors (Lipinski definition) is 0. The summed E-state index contributed by atoms with van der Waals surface area (Å²) < 4.78 is 54.1. The summed E-state index contributed by atoms with van der Waals surface area (Å²) in [5, 5.41) is 4.50. The first-order valence-corrected chi connectivity index (χ1v) is 10.1. The SMILES string of the molecule is CCOC(=O)c1oc2c(c1C(F)(F)F)-c1nn(Cc3ccc(C)cn3)cc1C1(CC1)C2. The molecule has 3 aromatic rings. The molecule has 0 bridgehead atoms. The molecule has 0 amide bonds. The topological polar surface area (TPSA) is 70.2 Å². The van der Waals surface area contributed by atoms with E-state index in [9.17, 15) is 18.0 Å². The third kappa shape index (κ3) is 3.23. The number of aryl methyl sites for hydroxylation is 1. The zero-order valence-electron chi connectivity index (χ0n) is 17.0. The molecule has 5 rings (SSSR count). The summed E-state index contributed by atoms with van der Waals surface area (Å²) in [7, 11) is 0. The monoisotopic (exact) mass is 431 g/mol. The van der Waals surface area contributed by atoms with Crippen LogP contribution in [-0.4, -0.2) is 27.3 Å². The van der Waals surface area contributed by atoms with Crippen LogP contribution in [-0.2, 0) is 29.3 Å². The standard InChI is InChI=1S/C22H20F3N3O3/c1-3-30-20(29)19-17(22(23,24)25)16-15(31-19)8-21(6-7-21)14-11-28(27-18(14)16)10-13-5-4-12(2)9-26-13/h4-5,9,11H,3,6-8,10H2,1-2H3. The second-order valence-electron chi connectivity index (χ2n) is 8.20. The summed E-state index contributed by atoms with van der Waals surface area (Å²) >= 11 is 0. The van der Waals surface area contributed by atoms with E-state index in [1.807, 2.05) is 25.3 Å². The summed E-state index contributed by atoms with van der Waals surface area (Å²) in [5.41, 5.74) is 1.26. The van der Waals surface area contributed by atoms with Crippen LogP contribution in [0.25, 0.3) is 11.3 Å². The molecule has 1 spiro atoms. The van der Waals surface area contributed by atoms with Crippen molar-refractivity contribution in [3.8, 4) is 11.3 Å². The van der Waals surface area contributed by atoms with Gasteiger partial charge in [-0.3, -0.25) is 9.67 Å². The predicted molar refractivity (Wildman–Crippen MR) is 104 cm³/mol. The van der Waals surface area contributed by atoms with Gasteiger partial charge in [0.25, 0.3) is 0 Å². The zero-order chi connectivity index (χ0) is 22.0. The predicted octanol–water partition coefficient (Wildman–Crippen LogP) is 4.68. The normalized spacial score (nSPS) is 16.2. The van der Waals surface area contributed by atoms with E-state index in [4.69, 9.17) is 9.15 Å². The van der Waals surface area contributed by atoms with Crippen LogP contribution in [0, 0.1) is 6.92 Å². The van der Waals surface area contributed by atoms with Crippen LogP contribution >= 0.6 is 0 Å². The first-order valence-electron chi connectivity index (χ1n) is 10.1. The maximum atomic E-state index is 14.1. The second-order valence-corrected chi connectivity index (χ2v) is 8.20. The van der Waals surface area contributed by atoms with Gasteiger partial charge >= 0.3 is 12.1 Å². The number of carbonyl (C=O) groups excluding carboxylic acids is 1. The number of hydrogen-bond acceptors (Lipinski definition) is 5. The van der Waals surface area contributed by atoms with E-state index in [1.165, 1.54) is 6.92 Å². The quantitative estimate of drug-likeness (QED) is 0.561. The lowest BCUT2D eigenvalue weighted by Gasteiger charge is -2.20. The molecule has 31 heavy (non-hydrogen) atoms. The zero-order valence-corrected chi connectivity index (χ0v) is 17.0. The number of rotatable bonds is 4. The van der Waals surface area contributed by atoms with Crippen LogP contribution < -0.4 is 0 Å². The van der Waals surface area contributed by atoms with E-state index < -0.39 is 23.5 Å². The largest absolute Gasteiger partial charge is 0.460 e. The molecule has 3 heterocycles. The Hall–Kier alpha value is -3.10. The van der Waals surface area contributed by atoms with Crippen molar-refractivity contribution in [2.24, 2.45) is 0 Å². The smallest absolute Gasteiger partial charge is 0.421 e. The van der Waals surface area contributed by atoms with Gasteiger partial charge in [0.1, 0.15) is 17.0 Å². The Morgan fingerprint density at radius 1 is 1.32 bits per heavy atom. The minimum absolute atomic E-state index is 0.0468. The van der Waals surface area contributed by atoms with Crippen molar-refractivity contribution in [2.75, 3.05) is 6.61 Å². The highest BCUT2D eigenvalue weighted by molar-refractivity contribution is 5.92. The van der Waals surface area contributed by atoms with Crippen LogP contribution in [0.15, 0.2) is 28.9 Å². The summed E-state index contributed by atoms with van der Waals surface area (Å²) in [5.74, 6) is -1.75. The van der Waals surface area contributed by atoms with Crippen LogP contribution in [0.5, 0.6) is 0 Å². The highest BCUT2D eigenvalue weighted by Crippen LogP contribution is 2.59. The molecular weight excluding hydrogens is 411 g/mol. The Balaban J connectivity index is 1.64. The Bertz CT molecular complexity index is 1170. The van der Waals surface area contributed by atoms with Gasteiger partial charge in [-0.15, -0.1) is 0 Å². The minimum atomic E-state index is -4.78. The Kier molecular flexibility index (Phi) is 4.29. The van der Waals surface area contributed by atoms with Gasteiger partial charge in [0.05, 0.1) is 24.4 Å². The Labute approximate surface area is 176 Å². The summed E-state index contributed by atoms with van der Waals surface area (Å²) in [6.07, 6.45) is 0.751. The van der Waals surface area contributed by atoms with Gasteiger partial charge in [-0.05, 0) is 38.3 Å². The van der Waals surface area contributed by atoms with E-state index in [0.29, 0.717) is 13.0 Å². The molecule has 0 aliphatic heterocycles. The van der Waals surface area contributed by atoms with Gasteiger partial charge in [-0.1, -0.05) is 6.07 Å². The lowest BCUT2D eigenvalue weighted by molar-refractivity contribution is -0.138. The maximum Gasteiger partial charge on any atom is 0.421 e. The number of halogens is 3. The van der Waals surface area contributed by atoms with Gasteiger partial charge in [0.15, 0.2) is 0 Å². The first-order chi connectivity index (χ1) is 14.7. The van der Waals surface area contributed by atoms with E-state index >= 15 is 0 Å². The Morgan fingerprint density at radius 2 is 2.10 bits per heavy atom. The molecule has 162 valence electrons.